The first-order valence-corrected chi connectivity index (χ1v) is 14.0. The summed E-state index contributed by atoms with van der Waals surface area (Å²) in [5.74, 6) is -0.120. The van der Waals surface area contributed by atoms with Crippen molar-refractivity contribution in [1.82, 2.24) is 0 Å². The molecule has 0 spiro atoms. The minimum absolute atomic E-state index is 0.0605. The van der Waals surface area contributed by atoms with Crippen LogP contribution in [0.3, 0.4) is 0 Å². The van der Waals surface area contributed by atoms with Crippen molar-refractivity contribution in [2.75, 3.05) is 6.61 Å². The van der Waals surface area contributed by atoms with Crippen LogP contribution in [0.15, 0.2) is 40.9 Å². The molecule has 3 saturated carbocycles. The van der Waals surface area contributed by atoms with E-state index in [2.05, 4.69) is 13.0 Å². The number of aliphatic hydroxyl groups excluding tert-OH is 2. The molecule has 7 unspecified atom stereocenters. The van der Waals surface area contributed by atoms with E-state index in [-0.39, 0.29) is 48.3 Å². The molecule has 1 aromatic rings. The van der Waals surface area contributed by atoms with Crippen LogP contribution < -0.4 is 0 Å². The Morgan fingerprint density at radius 3 is 2.68 bits per heavy atom. The zero-order valence-corrected chi connectivity index (χ0v) is 22.5. The van der Waals surface area contributed by atoms with Gasteiger partial charge < -0.3 is 15.6 Å². The number of rotatable bonds is 9. The Labute approximate surface area is 225 Å². The van der Waals surface area contributed by atoms with Crippen molar-refractivity contribution in [1.29, 1.82) is 10.7 Å². The summed E-state index contributed by atoms with van der Waals surface area (Å²) in [6.45, 7) is 3.85. The van der Waals surface area contributed by atoms with Gasteiger partial charge in [0.15, 0.2) is 5.78 Å². The van der Waals surface area contributed by atoms with Gasteiger partial charge in [-0.05, 0) is 98.5 Å². The molecule has 0 radical (unpaired) electrons. The van der Waals surface area contributed by atoms with E-state index in [0.717, 1.165) is 44.2 Å². The van der Waals surface area contributed by atoms with Gasteiger partial charge in [0.25, 0.3) is 0 Å². The van der Waals surface area contributed by atoms with Gasteiger partial charge in [-0.3, -0.25) is 9.79 Å². The highest BCUT2D eigenvalue weighted by Crippen LogP contribution is 2.67. The summed E-state index contributed by atoms with van der Waals surface area (Å²) in [7, 11) is 0. The van der Waals surface area contributed by atoms with Crippen molar-refractivity contribution in [2.24, 2.45) is 39.5 Å². The third kappa shape index (κ3) is 5.01. The predicted molar refractivity (Wildman–Crippen MR) is 146 cm³/mol. The summed E-state index contributed by atoms with van der Waals surface area (Å²) in [5, 5.41) is 39.0. The standard InChI is InChI=1S/C31H40FN3O3/c1-3-4-21(18-34)27(35-23-8-6-22(32)7-9-23)16-20-5-10-24-25(15-20)28(37)17-30(2)26(24)11-13-31(30,19-36)29(38)12-14-33/h6-9,16,18,21,24-26,28,34,36-37H,3-5,10-13,15,17,19H2,1-2H3/b20-16-,34-18?,35-27?. The molecule has 3 aliphatic carbocycles. The molecule has 3 N–H and O–H groups in total. The van der Waals surface area contributed by atoms with Crippen LogP contribution in [0.25, 0.3) is 0 Å². The number of nitriles is 1. The highest BCUT2D eigenvalue weighted by atomic mass is 19.1. The number of carbonyl (C=O) groups is 1. The molecule has 7 heteroatoms. The number of allylic oxidation sites excluding steroid dienone is 2. The predicted octanol–water partition coefficient (Wildman–Crippen LogP) is 5.95. The Hall–Kier alpha value is -2.69. The Kier molecular flexibility index (Phi) is 8.64. The van der Waals surface area contributed by atoms with Crippen LogP contribution in [0.5, 0.6) is 0 Å². The number of aliphatic hydroxyl groups is 2. The number of benzene rings is 1. The number of hydrogen-bond donors (Lipinski definition) is 3. The third-order valence-electron chi connectivity index (χ3n) is 9.95. The van der Waals surface area contributed by atoms with E-state index >= 15 is 0 Å². The molecule has 38 heavy (non-hydrogen) atoms. The fourth-order valence-electron chi connectivity index (χ4n) is 7.92. The van der Waals surface area contributed by atoms with Gasteiger partial charge in [0.1, 0.15) is 5.82 Å². The molecule has 0 heterocycles. The van der Waals surface area contributed by atoms with Crippen LogP contribution in [-0.4, -0.2) is 40.6 Å². The molecule has 3 aliphatic rings. The van der Waals surface area contributed by atoms with E-state index in [1.807, 2.05) is 13.0 Å². The van der Waals surface area contributed by atoms with Crippen LogP contribution in [-0.2, 0) is 4.79 Å². The number of fused-ring (bicyclic) bond motifs is 3. The second kappa shape index (κ2) is 11.6. The first-order valence-electron chi connectivity index (χ1n) is 14.0. The smallest absolute Gasteiger partial charge is 0.155 e. The second-order valence-corrected chi connectivity index (χ2v) is 11.8. The first kappa shape index (κ1) is 28.3. The Bertz CT molecular complexity index is 1140. The van der Waals surface area contributed by atoms with Crippen molar-refractivity contribution in [2.45, 2.75) is 77.7 Å². The highest BCUT2D eigenvalue weighted by Gasteiger charge is 2.65. The van der Waals surface area contributed by atoms with Crippen molar-refractivity contribution >= 4 is 23.4 Å². The maximum atomic E-state index is 13.4. The molecule has 7 atom stereocenters. The largest absolute Gasteiger partial charge is 0.395 e. The van der Waals surface area contributed by atoms with Crippen LogP contribution in [0.1, 0.15) is 71.6 Å². The lowest BCUT2D eigenvalue weighted by Gasteiger charge is -2.55. The lowest BCUT2D eigenvalue weighted by atomic mass is 9.49. The van der Waals surface area contributed by atoms with Gasteiger partial charge >= 0.3 is 0 Å². The number of aliphatic imine (C=N–C) groups is 1. The zero-order chi connectivity index (χ0) is 27.5. The molecule has 0 saturated heterocycles. The van der Waals surface area contributed by atoms with Gasteiger partial charge in [-0.25, -0.2) is 4.39 Å². The number of hydrogen-bond acceptors (Lipinski definition) is 6. The maximum Gasteiger partial charge on any atom is 0.155 e. The van der Waals surface area contributed by atoms with E-state index in [0.29, 0.717) is 18.5 Å². The molecule has 4 rings (SSSR count). The average Bonchev–Trinajstić information content (AvgIpc) is 3.21. The molecule has 0 amide bonds. The summed E-state index contributed by atoms with van der Waals surface area (Å²) < 4.78 is 13.4. The van der Waals surface area contributed by atoms with Crippen LogP contribution in [0, 0.1) is 57.1 Å². The number of Topliss-reactive ketones (excluding diaryl/α,β-unsaturated/α-hetero) is 1. The zero-order valence-electron chi connectivity index (χ0n) is 22.5. The number of halogens is 1. The number of carbonyl (C=O) groups excluding carboxylic acids is 1. The fourth-order valence-corrected chi connectivity index (χ4v) is 7.92. The van der Waals surface area contributed by atoms with E-state index in [4.69, 9.17) is 10.4 Å². The van der Waals surface area contributed by atoms with Gasteiger partial charge in [-0.2, -0.15) is 5.26 Å². The number of nitrogens with zero attached hydrogens (tertiary/aromatic N) is 2. The van der Waals surface area contributed by atoms with Gasteiger partial charge in [0.2, 0.25) is 0 Å². The lowest BCUT2D eigenvalue weighted by molar-refractivity contribution is -0.154. The molecular weight excluding hydrogens is 481 g/mol. The minimum Gasteiger partial charge on any atom is -0.395 e. The first-order chi connectivity index (χ1) is 18.2. The molecule has 0 bridgehead atoms. The maximum absolute atomic E-state index is 13.4. The second-order valence-electron chi connectivity index (χ2n) is 11.8. The molecule has 3 fully saturated rings. The summed E-state index contributed by atoms with van der Waals surface area (Å²) >= 11 is 0. The minimum atomic E-state index is -0.957. The van der Waals surface area contributed by atoms with E-state index in [9.17, 15) is 24.7 Å². The molecule has 1 aromatic carbocycles. The Balaban J connectivity index is 1.61. The molecular formula is C31H40FN3O3. The molecule has 0 aromatic heterocycles. The van der Waals surface area contributed by atoms with Gasteiger partial charge in [-0.1, -0.05) is 25.8 Å². The summed E-state index contributed by atoms with van der Waals surface area (Å²) in [6, 6.07) is 8.04. The number of ketones is 1. The Morgan fingerprint density at radius 2 is 2.05 bits per heavy atom. The summed E-state index contributed by atoms with van der Waals surface area (Å²) in [6.07, 6.45) is 8.71. The quantitative estimate of drug-likeness (QED) is 0.348. The topological polar surface area (TPSA) is 118 Å². The third-order valence-corrected chi connectivity index (χ3v) is 9.95. The van der Waals surface area contributed by atoms with Gasteiger partial charge in [0.05, 0.1) is 36.3 Å². The molecule has 204 valence electrons. The highest BCUT2D eigenvalue weighted by molar-refractivity contribution is 6.06. The van der Waals surface area contributed by atoms with E-state index < -0.39 is 16.9 Å². The monoisotopic (exact) mass is 521 g/mol. The number of nitrogens with one attached hydrogen (secondary N) is 1. The van der Waals surface area contributed by atoms with Crippen LogP contribution in [0.2, 0.25) is 0 Å². The van der Waals surface area contributed by atoms with Crippen LogP contribution in [0.4, 0.5) is 10.1 Å². The molecule has 6 nitrogen and oxygen atoms in total. The lowest BCUT2D eigenvalue weighted by Crippen LogP contribution is -2.56. The molecule has 0 aliphatic heterocycles. The SMILES string of the molecule is CCCC(C=N)C(/C=C1/CCC2C(C1)C(O)CC1(C)C2CCC1(CO)C(=O)CC#N)=Nc1ccc(F)cc1. The Morgan fingerprint density at radius 1 is 1.32 bits per heavy atom. The van der Waals surface area contributed by atoms with Crippen molar-refractivity contribution < 1.29 is 19.4 Å². The normalized spacial score (nSPS) is 34.7. The summed E-state index contributed by atoms with van der Waals surface area (Å²) in [5.41, 5.74) is 1.15. The van der Waals surface area contributed by atoms with E-state index in [1.165, 1.54) is 23.9 Å². The summed E-state index contributed by atoms with van der Waals surface area (Å²) in [4.78, 5) is 17.9. The van der Waals surface area contributed by atoms with Gasteiger partial charge in [-0.15, -0.1) is 0 Å². The van der Waals surface area contributed by atoms with Crippen molar-refractivity contribution in [3.63, 3.8) is 0 Å². The average molecular weight is 522 g/mol. The van der Waals surface area contributed by atoms with E-state index in [1.54, 1.807) is 12.1 Å². The van der Waals surface area contributed by atoms with Gasteiger partial charge in [0, 0.05) is 17.8 Å². The fraction of sp³-hybridized carbons (Fsp3) is 0.613. The van der Waals surface area contributed by atoms with Crippen molar-refractivity contribution in [3.05, 3.63) is 41.7 Å². The van der Waals surface area contributed by atoms with Crippen LogP contribution >= 0.6 is 0 Å². The van der Waals surface area contributed by atoms with Crippen molar-refractivity contribution in [3.8, 4) is 6.07 Å².